The number of likely N-dealkylation sites (N-methyl/N-ethyl adjacent to an activating group) is 1. The summed E-state index contributed by atoms with van der Waals surface area (Å²) in [4.78, 5) is 29.6. The molecule has 184 valence electrons. The quantitative estimate of drug-likeness (QED) is 0.589. The summed E-state index contributed by atoms with van der Waals surface area (Å²) in [5, 5.41) is 13.8. The molecule has 35 heavy (non-hydrogen) atoms. The molecule has 2 amide bonds. The van der Waals surface area contributed by atoms with Crippen molar-refractivity contribution < 1.29 is 22.8 Å². The molecule has 0 aromatic heterocycles. The predicted molar refractivity (Wildman–Crippen MR) is 126 cm³/mol. The number of carbonyl (C=O) groups is 2. The molecule has 0 spiro atoms. The lowest BCUT2D eigenvalue weighted by Gasteiger charge is -2.32. The average molecular weight is 486 g/mol. The molecule has 0 saturated carbocycles. The molecule has 2 aromatic rings. The van der Waals surface area contributed by atoms with Crippen LogP contribution in [0.5, 0.6) is 0 Å². The van der Waals surface area contributed by atoms with Crippen LogP contribution in [-0.2, 0) is 15.8 Å². The van der Waals surface area contributed by atoms with Crippen LogP contribution in [0.3, 0.4) is 0 Å². The molecule has 0 unspecified atom stereocenters. The second-order valence-electron chi connectivity index (χ2n) is 8.26. The molecule has 7 nitrogen and oxygen atoms in total. The number of nitrogens with zero attached hydrogens (tertiary/aromatic N) is 3. The van der Waals surface area contributed by atoms with Crippen molar-refractivity contribution in [1.29, 1.82) is 5.26 Å². The molecule has 0 bridgehead atoms. The Hall–Kier alpha value is -3.68. The second-order valence-corrected chi connectivity index (χ2v) is 8.26. The van der Waals surface area contributed by atoms with E-state index in [-0.39, 0.29) is 5.69 Å². The summed E-state index contributed by atoms with van der Waals surface area (Å²) in [6, 6.07) is 13.7. The first-order valence-electron chi connectivity index (χ1n) is 11.0. The number of nitriles is 1. The minimum Gasteiger partial charge on any atom is -0.343 e. The normalized spacial score (nSPS) is 15.3. The second kappa shape index (κ2) is 11.6. The Balaban J connectivity index is 1.66. The Bertz CT molecular complexity index is 1120. The molecular formula is C25H26F3N5O2. The van der Waals surface area contributed by atoms with Crippen molar-refractivity contribution in [2.75, 3.05) is 51.6 Å². The van der Waals surface area contributed by atoms with Crippen LogP contribution in [0.1, 0.15) is 16.7 Å². The average Bonchev–Trinajstić information content (AvgIpc) is 2.83. The Labute approximate surface area is 201 Å². The van der Waals surface area contributed by atoms with Crippen molar-refractivity contribution in [3.05, 3.63) is 70.8 Å². The molecule has 2 aromatic carbocycles. The van der Waals surface area contributed by atoms with Crippen LogP contribution in [0.2, 0.25) is 0 Å². The van der Waals surface area contributed by atoms with Gasteiger partial charge < -0.3 is 15.5 Å². The van der Waals surface area contributed by atoms with Crippen LogP contribution >= 0.6 is 0 Å². The van der Waals surface area contributed by atoms with Crippen molar-refractivity contribution in [3.63, 3.8) is 0 Å². The number of halogens is 3. The lowest BCUT2D eigenvalue weighted by atomic mass is 10.1. The minimum absolute atomic E-state index is 0.118. The molecule has 1 heterocycles. The first kappa shape index (κ1) is 25.9. The van der Waals surface area contributed by atoms with Crippen molar-refractivity contribution in [3.8, 4) is 6.07 Å². The maximum absolute atomic E-state index is 13.2. The third kappa shape index (κ3) is 7.67. The van der Waals surface area contributed by atoms with Gasteiger partial charge in [0.1, 0.15) is 0 Å². The number of alkyl halides is 3. The van der Waals surface area contributed by atoms with Crippen molar-refractivity contribution >= 4 is 23.6 Å². The van der Waals surface area contributed by atoms with Gasteiger partial charge in [0, 0.05) is 44.0 Å². The fourth-order valence-corrected chi connectivity index (χ4v) is 3.61. The lowest BCUT2D eigenvalue weighted by molar-refractivity contribution is -0.137. The highest BCUT2D eigenvalue weighted by molar-refractivity contribution is 6.01. The summed E-state index contributed by atoms with van der Waals surface area (Å²) >= 11 is 0. The smallest absolute Gasteiger partial charge is 0.343 e. The van der Waals surface area contributed by atoms with E-state index in [9.17, 15) is 22.8 Å². The van der Waals surface area contributed by atoms with Gasteiger partial charge in [-0.3, -0.25) is 14.5 Å². The van der Waals surface area contributed by atoms with E-state index in [1.807, 2.05) is 37.4 Å². The van der Waals surface area contributed by atoms with Crippen LogP contribution in [0.25, 0.3) is 6.08 Å². The molecule has 1 fully saturated rings. The zero-order chi connectivity index (χ0) is 25.4. The van der Waals surface area contributed by atoms with Crippen LogP contribution in [0.15, 0.2) is 54.1 Å². The summed E-state index contributed by atoms with van der Waals surface area (Å²) in [5.74, 6) is -1.12. The van der Waals surface area contributed by atoms with Gasteiger partial charge >= 0.3 is 6.18 Å². The van der Waals surface area contributed by atoms with Gasteiger partial charge in [-0.05, 0) is 36.9 Å². The molecule has 10 heteroatoms. The standard InChI is InChI=1S/C25H26F3N5O2/c1-32-9-11-33(12-10-32)17-20(13-18-5-3-2-4-6-18)24(35)30-16-23(34)31-21-8-7-19(15-29)22(14-21)25(26,27)28/h2-8,13-14H,9-12,16-17H2,1H3,(H,30,35)(H,31,34)/b20-13+. The molecule has 1 saturated heterocycles. The van der Waals surface area contributed by atoms with Gasteiger partial charge in [-0.15, -0.1) is 0 Å². The van der Waals surface area contributed by atoms with E-state index in [0.29, 0.717) is 18.2 Å². The van der Waals surface area contributed by atoms with Crippen molar-refractivity contribution in [2.24, 2.45) is 0 Å². The molecular weight excluding hydrogens is 459 g/mol. The highest BCUT2D eigenvalue weighted by Crippen LogP contribution is 2.33. The number of hydrogen-bond acceptors (Lipinski definition) is 5. The van der Waals surface area contributed by atoms with Crippen molar-refractivity contribution in [1.82, 2.24) is 15.1 Å². The molecule has 1 aliphatic rings. The number of benzene rings is 2. The van der Waals surface area contributed by atoms with E-state index in [1.165, 1.54) is 12.1 Å². The Morgan fingerprint density at radius 2 is 1.77 bits per heavy atom. The zero-order valence-electron chi connectivity index (χ0n) is 19.2. The maximum Gasteiger partial charge on any atom is 0.417 e. The number of anilines is 1. The Morgan fingerprint density at radius 1 is 1.09 bits per heavy atom. The molecule has 1 aliphatic heterocycles. The highest BCUT2D eigenvalue weighted by Gasteiger charge is 2.34. The molecule has 0 radical (unpaired) electrons. The number of hydrogen-bond donors (Lipinski definition) is 2. The highest BCUT2D eigenvalue weighted by atomic mass is 19.4. The van der Waals surface area contributed by atoms with Crippen LogP contribution in [0.4, 0.5) is 18.9 Å². The largest absolute Gasteiger partial charge is 0.417 e. The fourth-order valence-electron chi connectivity index (χ4n) is 3.61. The summed E-state index contributed by atoms with van der Waals surface area (Å²) in [6.45, 7) is 3.35. The van der Waals surface area contributed by atoms with Gasteiger partial charge in [-0.1, -0.05) is 30.3 Å². The van der Waals surface area contributed by atoms with Gasteiger partial charge in [0.05, 0.1) is 23.7 Å². The summed E-state index contributed by atoms with van der Waals surface area (Å²) in [6.07, 6.45) is -2.97. The number of rotatable bonds is 7. The van der Waals surface area contributed by atoms with E-state index in [4.69, 9.17) is 5.26 Å². The van der Waals surface area contributed by atoms with E-state index in [1.54, 1.807) is 6.08 Å². The molecule has 0 aliphatic carbocycles. The third-order valence-corrected chi connectivity index (χ3v) is 5.56. The van der Waals surface area contributed by atoms with Crippen LogP contribution in [0, 0.1) is 11.3 Å². The van der Waals surface area contributed by atoms with Crippen LogP contribution < -0.4 is 10.6 Å². The summed E-state index contributed by atoms with van der Waals surface area (Å²) in [7, 11) is 2.04. The number of piperazine rings is 1. The maximum atomic E-state index is 13.2. The van der Waals surface area contributed by atoms with Gasteiger partial charge in [0.15, 0.2) is 0 Å². The fraction of sp³-hybridized carbons (Fsp3) is 0.320. The van der Waals surface area contributed by atoms with E-state index in [2.05, 4.69) is 20.4 Å². The van der Waals surface area contributed by atoms with Gasteiger partial charge in [-0.25, -0.2) is 0 Å². The number of nitrogens with one attached hydrogen (secondary N) is 2. The van der Waals surface area contributed by atoms with Gasteiger partial charge in [0.25, 0.3) is 0 Å². The van der Waals surface area contributed by atoms with E-state index in [0.717, 1.165) is 37.8 Å². The van der Waals surface area contributed by atoms with Gasteiger partial charge in [0.2, 0.25) is 11.8 Å². The molecule has 0 atom stereocenters. The first-order valence-corrected chi connectivity index (χ1v) is 11.0. The first-order chi connectivity index (χ1) is 16.7. The minimum atomic E-state index is -4.74. The van der Waals surface area contributed by atoms with Crippen molar-refractivity contribution in [2.45, 2.75) is 6.18 Å². The van der Waals surface area contributed by atoms with Crippen LogP contribution in [-0.4, -0.2) is 67.9 Å². The lowest BCUT2D eigenvalue weighted by Crippen LogP contribution is -2.46. The third-order valence-electron chi connectivity index (χ3n) is 5.56. The summed E-state index contributed by atoms with van der Waals surface area (Å²) < 4.78 is 39.5. The number of carbonyl (C=O) groups excluding carboxylic acids is 2. The topological polar surface area (TPSA) is 88.5 Å². The predicted octanol–water partition coefficient (Wildman–Crippen LogP) is 2.96. The SMILES string of the molecule is CN1CCN(C/C(=C\c2ccccc2)C(=O)NCC(=O)Nc2ccc(C#N)c(C(F)(F)F)c2)CC1. The number of amides is 2. The van der Waals surface area contributed by atoms with Gasteiger partial charge in [-0.2, -0.15) is 18.4 Å². The van der Waals surface area contributed by atoms with E-state index >= 15 is 0 Å². The molecule has 3 rings (SSSR count). The summed E-state index contributed by atoms with van der Waals surface area (Å²) in [5.41, 5.74) is -0.474. The molecule has 2 N–H and O–H groups in total. The van der Waals surface area contributed by atoms with E-state index < -0.39 is 35.7 Å². The monoisotopic (exact) mass is 485 g/mol. The Kier molecular flexibility index (Phi) is 8.63. The zero-order valence-corrected chi connectivity index (χ0v) is 19.2. The Morgan fingerprint density at radius 3 is 2.40 bits per heavy atom.